The first kappa shape index (κ1) is 11.2. The van der Waals surface area contributed by atoms with Crippen molar-refractivity contribution in [2.24, 2.45) is 11.1 Å². The maximum absolute atomic E-state index is 5.43. The molecule has 0 unspecified atom stereocenters. The van der Waals surface area contributed by atoms with Gasteiger partial charge < -0.3 is 10.2 Å². The van der Waals surface area contributed by atoms with Crippen molar-refractivity contribution in [3.63, 3.8) is 0 Å². The third kappa shape index (κ3) is 3.92. The van der Waals surface area contributed by atoms with Gasteiger partial charge in [0.1, 0.15) is 6.26 Å². The SMILES string of the molecule is CC(C)(C)Cc1nc(CCCN)co1. The van der Waals surface area contributed by atoms with E-state index in [1.54, 1.807) is 6.26 Å². The Kier molecular flexibility index (Phi) is 3.69. The van der Waals surface area contributed by atoms with Gasteiger partial charge in [-0.25, -0.2) is 4.98 Å². The number of aromatic nitrogens is 1. The van der Waals surface area contributed by atoms with Crippen LogP contribution in [-0.4, -0.2) is 11.5 Å². The van der Waals surface area contributed by atoms with E-state index in [1.807, 2.05) is 0 Å². The lowest BCUT2D eigenvalue weighted by molar-refractivity contribution is 0.354. The molecule has 1 aromatic rings. The lowest BCUT2D eigenvalue weighted by Gasteiger charge is -2.14. The zero-order chi connectivity index (χ0) is 10.6. The molecule has 0 atom stereocenters. The summed E-state index contributed by atoms with van der Waals surface area (Å²) in [7, 11) is 0. The number of hydrogen-bond acceptors (Lipinski definition) is 3. The number of rotatable bonds is 4. The molecule has 3 heteroatoms. The summed E-state index contributed by atoms with van der Waals surface area (Å²) in [5, 5.41) is 0. The molecular weight excluding hydrogens is 176 g/mol. The van der Waals surface area contributed by atoms with Gasteiger partial charge in [-0.15, -0.1) is 0 Å². The molecule has 0 amide bonds. The Morgan fingerprint density at radius 2 is 2.14 bits per heavy atom. The number of nitrogens with two attached hydrogens (primary N) is 1. The Bertz CT molecular complexity index is 273. The van der Waals surface area contributed by atoms with Crippen LogP contribution in [0, 0.1) is 5.41 Å². The quantitative estimate of drug-likeness (QED) is 0.802. The van der Waals surface area contributed by atoms with Crippen LogP contribution in [0.5, 0.6) is 0 Å². The molecule has 0 bridgehead atoms. The van der Waals surface area contributed by atoms with Gasteiger partial charge in [0.15, 0.2) is 5.89 Å². The number of oxazole rings is 1. The van der Waals surface area contributed by atoms with Gasteiger partial charge in [-0.1, -0.05) is 20.8 Å². The highest BCUT2D eigenvalue weighted by Crippen LogP contribution is 2.20. The third-order valence-corrected chi connectivity index (χ3v) is 1.92. The van der Waals surface area contributed by atoms with Crippen LogP contribution >= 0.6 is 0 Å². The summed E-state index contributed by atoms with van der Waals surface area (Å²) in [4.78, 5) is 4.41. The molecule has 1 aromatic heterocycles. The van der Waals surface area contributed by atoms with Gasteiger partial charge in [0.05, 0.1) is 5.69 Å². The molecular formula is C11H20N2O. The van der Waals surface area contributed by atoms with Crippen LogP contribution in [0.4, 0.5) is 0 Å². The van der Waals surface area contributed by atoms with Crippen molar-refractivity contribution in [3.8, 4) is 0 Å². The van der Waals surface area contributed by atoms with Crippen molar-refractivity contribution < 1.29 is 4.42 Å². The lowest BCUT2D eigenvalue weighted by Crippen LogP contribution is -2.09. The van der Waals surface area contributed by atoms with Gasteiger partial charge in [0, 0.05) is 6.42 Å². The van der Waals surface area contributed by atoms with E-state index in [0.717, 1.165) is 30.8 Å². The molecule has 0 saturated heterocycles. The molecule has 3 nitrogen and oxygen atoms in total. The summed E-state index contributed by atoms with van der Waals surface area (Å²) in [5.74, 6) is 0.838. The Labute approximate surface area is 85.7 Å². The second kappa shape index (κ2) is 4.60. The summed E-state index contributed by atoms with van der Waals surface area (Å²) in [6.45, 7) is 7.24. The normalized spacial score (nSPS) is 12.0. The molecule has 0 aliphatic carbocycles. The van der Waals surface area contributed by atoms with Crippen LogP contribution in [0.1, 0.15) is 38.8 Å². The van der Waals surface area contributed by atoms with Crippen LogP contribution in [-0.2, 0) is 12.8 Å². The number of nitrogens with zero attached hydrogens (tertiary/aromatic N) is 1. The molecule has 2 N–H and O–H groups in total. The molecule has 0 radical (unpaired) electrons. The monoisotopic (exact) mass is 196 g/mol. The van der Waals surface area contributed by atoms with Gasteiger partial charge >= 0.3 is 0 Å². The van der Waals surface area contributed by atoms with E-state index in [4.69, 9.17) is 10.2 Å². The maximum atomic E-state index is 5.43. The van der Waals surface area contributed by atoms with Gasteiger partial charge in [0.2, 0.25) is 0 Å². The molecule has 0 aromatic carbocycles. The van der Waals surface area contributed by atoms with Crippen molar-refractivity contribution in [1.29, 1.82) is 0 Å². The maximum Gasteiger partial charge on any atom is 0.194 e. The highest BCUT2D eigenvalue weighted by molar-refractivity contribution is 4.98. The fourth-order valence-electron chi connectivity index (χ4n) is 1.28. The number of hydrogen-bond donors (Lipinski definition) is 1. The topological polar surface area (TPSA) is 52.0 Å². The predicted molar refractivity (Wildman–Crippen MR) is 57.0 cm³/mol. The highest BCUT2D eigenvalue weighted by Gasteiger charge is 2.15. The second-order valence-corrected chi connectivity index (χ2v) is 4.86. The van der Waals surface area contributed by atoms with Gasteiger partial charge in [-0.05, 0) is 24.8 Å². The molecule has 0 aliphatic heterocycles. The minimum atomic E-state index is 0.232. The zero-order valence-corrected chi connectivity index (χ0v) is 9.34. The fourth-order valence-corrected chi connectivity index (χ4v) is 1.28. The zero-order valence-electron chi connectivity index (χ0n) is 9.34. The van der Waals surface area contributed by atoms with Crippen molar-refractivity contribution >= 4 is 0 Å². The van der Waals surface area contributed by atoms with Crippen molar-refractivity contribution in [2.75, 3.05) is 6.54 Å². The highest BCUT2D eigenvalue weighted by atomic mass is 16.3. The molecule has 0 fully saturated rings. The lowest BCUT2D eigenvalue weighted by atomic mass is 9.92. The van der Waals surface area contributed by atoms with Crippen molar-refractivity contribution in [2.45, 2.75) is 40.0 Å². The van der Waals surface area contributed by atoms with Gasteiger partial charge in [-0.2, -0.15) is 0 Å². The average molecular weight is 196 g/mol. The Morgan fingerprint density at radius 3 is 2.71 bits per heavy atom. The minimum Gasteiger partial charge on any atom is -0.449 e. The van der Waals surface area contributed by atoms with Crippen LogP contribution < -0.4 is 5.73 Å². The molecule has 0 saturated carbocycles. The van der Waals surface area contributed by atoms with Crippen LogP contribution in [0.15, 0.2) is 10.7 Å². The van der Waals surface area contributed by atoms with E-state index in [2.05, 4.69) is 25.8 Å². The van der Waals surface area contributed by atoms with E-state index in [-0.39, 0.29) is 5.41 Å². The summed E-state index contributed by atoms with van der Waals surface area (Å²) in [5.41, 5.74) is 6.68. The molecule has 0 aliphatic rings. The average Bonchev–Trinajstić information content (AvgIpc) is 2.46. The Balaban J connectivity index is 2.51. The largest absolute Gasteiger partial charge is 0.449 e. The first-order chi connectivity index (χ1) is 6.51. The Morgan fingerprint density at radius 1 is 1.43 bits per heavy atom. The summed E-state index contributed by atoms with van der Waals surface area (Å²) >= 11 is 0. The second-order valence-electron chi connectivity index (χ2n) is 4.86. The first-order valence-corrected chi connectivity index (χ1v) is 5.14. The summed E-state index contributed by atoms with van der Waals surface area (Å²) in [6.07, 6.45) is 4.53. The molecule has 0 spiro atoms. The van der Waals surface area contributed by atoms with E-state index in [0.29, 0.717) is 6.54 Å². The van der Waals surface area contributed by atoms with Crippen LogP contribution in [0.25, 0.3) is 0 Å². The predicted octanol–water partition coefficient (Wildman–Crippen LogP) is 2.15. The molecule has 14 heavy (non-hydrogen) atoms. The van der Waals surface area contributed by atoms with Crippen molar-refractivity contribution in [1.82, 2.24) is 4.98 Å². The summed E-state index contributed by atoms with van der Waals surface area (Å²) < 4.78 is 5.39. The van der Waals surface area contributed by atoms with Gasteiger partial charge in [-0.3, -0.25) is 0 Å². The van der Waals surface area contributed by atoms with Crippen LogP contribution in [0.2, 0.25) is 0 Å². The first-order valence-electron chi connectivity index (χ1n) is 5.14. The smallest absolute Gasteiger partial charge is 0.194 e. The van der Waals surface area contributed by atoms with E-state index in [9.17, 15) is 0 Å². The van der Waals surface area contributed by atoms with E-state index in [1.165, 1.54) is 0 Å². The van der Waals surface area contributed by atoms with Gasteiger partial charge in [0.25, 0.3) is 0 Å². The van der Waals surface area contributed by atoms with E-state index >= 15 is 0 Å². The molecule has 1 rings (SSSR count). The number of aryl methyl sites for hydroxylation is 1. The Hall–Kier alpha value is -0.830. The van der Waals surface area contributed by atoms with Crippen LogP contribution in [0.3, 0.4) is 0 Å². The molecule has 1 heterocycles. The third-order valence-electron chi connectivity index (χ3n) is 1.92. The fraction of sp³-hybridized carbons (Fsp3) is 0.727. The molecule has 80 valence electrons. The minimum absolute atomic E-state index is 0.232. The van der Waals surface area contributed by atoms with E-state index < -0.39 is 0 Å². The summed E-state index contributed by atoms with van der Waals surface area (Å²) in [6, 6.07) is 0. The van der Waals surface area contributed by atoms with Crippen molar-refractivity contribution in [3.05, 3.63) is 17.8 Å². The standard InChI is InChI=1S/C11H20N2O/c1-11(2,3)7-10-13-9(8-14-10)5-4-6-12/h8H,4-7,12H2,1-3H3.